The highest BCUT2D eigenvalue weighted by atomic mass is 32.2. The number of fused-ring (bicyclic) bond motifs is 1. The molecule has 2 fully saturated rings. The number of hydrogen-bond donors (Lipinski definition) is 1. The van der Waals surface area contributed by atoms with Gasteiger partial charge in [-0.25, -0.2) is 8.42 Å². The Hall–Kier alpha value is -1.73. The number of rotatable bonds is 3. The Bertz CT molecular complexity index is 901. The Morgan fingerprint density at radius 2 is 1.63 bits per heavy atom. The van der Waals surface area contributed by atoms with E-state index in [2.05, 4.69) is 4.90 Å². The summed E-state index contributed by atoms with van der Waals surface area (Å²) in [5, 5.41) is 10.7. The number of aryl methyl sites for hydroxylation is 1. The summed E-state index contributed by atoms with van der Waals surface area (Å²) in [6, 6.07) is 17.1. The molecule has 2 aliphatic heterocycles. The van der Waals surface area contributed by atoms with E-state index in [0.717, 1.165) is 30.5 Å². The van der Waals surface area contributed by atoms with Crippen LogP contribution < -0.4 is 0 Å². The van der Waals surface area contributed by atoms with Crippen LogP contribution >= 0.6 is 0 Å². The summed E-state index contributed by atoms with van der Waals surface area (Å²) in [5.41, 5.74) is 1.84. The van der Waals surface area contributed by atoms with Crippen LogP contribution in [0, 0.1) is 6.92 Å². The zero-order chi connectivity index (χ0) is 19.0. The first-order chi connectivity index (χ1) is 13.0. The lowest BCUT2D eigenvalue weighted by Crippen LogP contribution is -2.66. The minimum Gasteiger partial charge on any atom is -0.378 e. The minimum atomic E-state index is -3.55. The van der Waals surface area contributed by atoms with E-state index in [-0.39, 0.29) is 12.0 Å². The van der Waals surface area contributed by atoms with Crippen molar-refractivity contribution in [3.05, 3.63) is 65.7 Å². The van der Waals surface area contributed by atoms with Gasteiger partial charge in [-0.2, -0.15) is 4.31 Å². The highest BCUT2D eigenvalue weighted by Crippen LogP contribution is 2.41. The molecular formula is C21H26N2O3S. The zero-order valence-electron chi connectivity index (χ0n) is 15.5. The van der Waals surface area contributed by atoms with Crippen LogP contribution in [0.1, 0.15) is 29.9 Å². The molecule has 0 spiro atoms. The van der Waals surface area contributed by atoms with Gasteiger partial charge in [-0.3, -0.25) is 4.90 Å². The molecule has 0 aliphatic carbocycles. The average Bonchev–Trinajstić information content (AvgIpc) is 2.64. The van der Waals surface area contributed by atoms with E-state index in [4.69, 9.17) is 0 Å². The summed E-state index contributed by atoms with van der Waals surface area (Å²) in [7, 11) is -3.55. The Morgan fingerprint density at radius 1 is 0.963 bits per heavy atom. The predicted molar refractivity (Wildman–Crippen MR) is 105 cm³/mol. The summed E-state index contributed by atoms with van der Waals surface area (Å²) in [4.78, 5) is 2.44. The van der Waals surface area contributed by atoms with E-state index in [0.29, 0.717) is 18.0 Å². The van der Waals surface area contributed by atoms with Gasteiger partial charge in [0, 0.05) is 31.6 Å². The van der Waals surface area contributed by atoms with Gasteiger partial charge in [0.2, 0.25) is 10.0 Å². The fourth-order valence-corrected chi connectivity index (χ4v) is 6.10. The standard InChI is InChI=1S/C21H26N2O3S/c1-16-9-5-6-12-19(16)27(25,26)22-13-7-8-14-23-18(15-22)20(21(23)24)17-10-3-2-4-11-17/h2-6,9-12,18,20-21,24H,7-8,13-15H2,1H3/t18-,20-,21+/m0/s1. The molecule has 2 saturated heterocycles. The van der Waals surface area contributed by atoms with Gasteiger partial charge >= 0.3 is 0 Å². The first-order valence-electron chi connectivity index (χ1n) is 9.54. The fraction of sp³-hybridized carbons (Fsp3) is 0.429. The molecular weight excluding hydrogens is 360 g/mol. The third-order valence-corrected chi connectivity index (χ3v) is 7.89. The molecule has 0 saturated carbocycles. The number of aliphatic hydroxyl groups is 1. The largest absolute Gasteiger partial charge is 0.378 e. The van der Waals surface area contributed by atoms with Gasteiger partial charge in [-0.05, 0) is 37.0 Å². The van der Waals surface area contributed by atoms with Crippen molar-refractivity contribution in [1.29, 1.82) is 0 Å². The zero-order valence-corrected chi connectivity index (χ0v) is 16.3. The van der Waals surface area contributed by atoms with Crippen molar-refractivity contribution in [1.82, 2.24) is 9.21 Å². The molecule has 4 rings (SSSR count). The molecule has 2 aromatic rings. The number of sulfonamides is 1. The van der Waals surface area contributed by atoms with E-state index in [9.17, 15) is 13.5 Å². The van der Waals surface area contributed by atoms with Crippen molar-refractivity contribution < 1.29 is 13.5 Å². The number of hydrogen-bond acceptors (Lipinski definition) is 4. The molecule has 0 amide bonds. The van der Waals surface area contributed by atoms with Gasteiger partial charge in [0.15, 0.2) is 0 Å². The molecule has 2 heterocycles. The molecule has 27 heavy (non-hydrogen) atoms. The van der Waals surface area contributed by atoms with Crippen LogP contribution in [-0.2, 0) is 10.0 Å². The lowest BCUT2D eigenvalue weighted by atomic mass is 9.79. The third kappa shape index (κ3) is 3.31. The maximum absolute atomic E-state index is 13.3. The van der Waals surface area contributed by atoms with Crippen molar-refractivity contribution in [3.63, 3.8) is 0 Å². The Labute approximate surface area is 161 Å². The first-order valence-corrected chi connectivity index (χ1v) is 11.0. The number of benzene rings is 2. The highest BCUT2D eigenvalue weighted by Gasteiger charge is 2.50. The van der Waals surface area contributed by atoms with E-state index >= 15 is 0 Å². The summed E-state index contributed by atoms with van der Waals surface area (Å²) < 4.78 is 28.3. The molecule has 2 aromatic carbocycles. The molecule has 6 heteroatoms. The Balaban J connectivity index is 1.65. The van der Waals surface area contributed by atoms with Crippen LogP contribution in [0.2, 0.25) is 0 Å². The summed E-state index contributed by atoms with van der Waals surface area (Å²) in [5.74, 6) is -0.0566. The second-order valence-corrected chi connectivity index (χ2v) is 9.40. The van der Waals surface area contributed by atoms with Crippen LogP contribution in [-0.4, -0.2) is 54.6 Å². The lowest BCUT2D eigenvalue weighted by molar-refractivity contribution is -0.148. The van der Waals surface area contributed by atoms with Gasteiger partial charge in [-0.15, -0.1) is 0 Å². The van der Waals surface area contributed by atoms with Gasteiger partial charge in [0.1, 0.15) is 6.23 Å². The van der Waals surface area contributed by atoms with Crippen molar-refractivity contribution >= 4 is 10.0 Å². The topological polar surface area (TPSA) is 60.9 Å². The fourth-order valence-electron chi connectivity index (χ4n) is 4.38. The van der Waals surface area contributed by atoms with Crippen molar-refractivity contribution in [3.8, 4) is 0 Å². The lowest BCUT2D eigenvalue weighted by Gasteiger charge is -2.54. The molecule has 1 N–H and O–H groups in total. The van der Waals surface area contributed by atoms with Crippen LogP contribution in [0.25, 0.3) is 0 Å². The molecule has 144 valence electrons. The van der Waals surface area contributed by atoms with Crippen molar-refractivity contribution in [2.45, 2.75) is 42.8 Å². The van der Waals surface area contributed by atoms with E-state index in [1.807, 2.05) is 49.4 Å². The van der Waals surface area contributed by atoms with Gasteiger partial charge in [0.05, 0.1) is 4.90 Å². The third-order valence-electron chi connectivity index (χ3n) is 5.86. The molecule has 3 atom stereocenters. The van der Waals surface area contributed by atoms with E-state index in [1.165, 1.54) is 0 Å². The number of aliphatic hydroxyl groups excluding tert-OH is 1. The smallest absolute Gasteiger partial charge is 0.243 e. The van der Waals surface area contributed by atoms with Crippen molar-refractivity contribution in [2.24, 2.45) is 0 Å². The maximum Gasteiger partial charge on any atom is 0.243 e. The molecule has 0 unspecified atom stereocenters. The molecule has 0 bridgehead atoms. The monoisotopic (exact) mass is 386 g/mol. The van der Waals surface area contributed by atoms with Crippen LogP contribution in [0.3, 0.4) is 0 Å². The normalized spacial score (nSPS) is 27.3. The average molecular weight is 387 g/mol. The highest BCUT2D eigenvalue weighted by molar-refractivity contribution is 7.89. The SMILES string of the molecule is Cc1ccccc1S(=O)(=O)N1CCCCN2[C@H](O)[C@@H](c3ccccc3)[C@@H]2C1. The summed E-state index contributed by atoms with van der Waals surface area (Å²) in [6.07, 6.45) is 1.14. The van der Waals surface area contributed by atoms with Crippen molar-refractivity contribution in [2.75, 3.05) is 19.6 Å². The predicted octanol–water partition coefficient (Wildman–Crippen LogP) is 2.57. The Kier molecular flexibility index (Phi) is 5.07. The maximum atomic E-state index is 13.3. The molecule has 2 aliphatic rings. The van der Waals surface area contributed by atoms with Crippen LogP contribution in [0.4, 0.5) is 0 Å². The van der Waals surface area contributed by atoms with Gasteiger partial charge < -0.3 is 5.11 Å². The summed E-state index contributed by atoms with van der Waals surface area (Å²) in [6.45, 7) is 3.59. The molecule has 0 aromatic heterocycles. The van der Waals surface area contributed by atoms with Crippen LogP contribution in [0.5, 0.6) is 0 Å². The Morgan fingerprint density at radius 3 is 2.37 bits per heavy atom. The van der Waals surface area contributed by atoms with Crippen LogP contribution in [0.15, 0.2) is 59.5 Å². The quantitative estimate of drug-likeness (QED) is 0.881. The second-order valence-electron chi connectivity index (χ2n) is 7.49. The van der Waals surface area contributed by atoms with E-state index in [1.54, 1.807) is 16.4 Å². The minimum absolute atomic E-state index is 0.00138. The summed E-state index contributed by atoms with van der Waals surface area (Å²) >= 11 is 0. The molecule has 5 nitrogen and oxygen atoms in total. The second kappa shape index (κ2) is 7.36. The molecule has 0 radical (unpaired) electrons. The van der Waals surface area contributed by atoms with Gasteiger partial charge in [-0.1, -0.05) is 48.5 Å². The first kappa shape index (κ1) is 18.6. The number of nitrogens with zero attached hydrogens (tertiary/aromatic N) is 2. The van der Waals surface area contributed by atoms with Gasteiger partial charge in [0.25, 0.3) is 0 Å². The van der Waals surface area contributed by atoms with E-state index < -0.39 is 16.3 Å².